The van der Waals surface area contributed by atoms with Gasteiger partial charge in [-0.25, -0.2) is 13.8 Å². The number of benzene rings is 1. The number of nitrogens with zero attached hydrogens (tertiary/aromatic N) is 1. The summed E-state index contributed by atoms with van der Waals surface area (Å²) in [6, 6.07) is 8.79. The van der Waals surface area contributed by atoms with Crippen molar-refractivity contribution in [3.63, 3.8) is 0 Å². The fourth-order valence-electron chi connectivity index (χ4n) is 2.18. The smallest absolute Gasteiger partial charge is 0.224 e. The highest BCUT2D eigenvalue weighted by Crippen LogP contribution is 2.19. The van der Waals surface area contributed by atoms with Gasteiger partial charge in [-0.05, 0) is 31.9 Å². The molecule has 0 aliphatic heterocycles. The normalized spacial score (nSPS) is 12.1. The minimum atomic E-state index is -3.67. The molecule has 1 rings (SSSR count). The maximum Gasteiger partial charge on any atom is 0.253 e. The van der Waals surface area contributed by atoms with Crippen LogP contribution in [0.5, 0.6) is 0 Å². The zero-order valence-corrected chi connectivity index (χ0v) is 13.6. The SMILES string of the molecule is CCCC(C#N)(CCC)NNS(=O)(=O)c1ccc(C)cc1. The van der Waals surface area contributed by atoms with Crippen LogP contribution in [0.25, 0.3) is 0 Å². The molecule has 0 bridgehead atoms. The Morgan fingerprint density at radius 2 is 1.67 bits per heavy atom. The molecule has 21 heavy (non-hydrogen) atoms. The number of nitriles is 1. The molecule has 0 atom stereocenters. The fourth-order valence-corrected chi connectivity index (χ4v) is 3.13. The molecule has 1 aromatic rings. The van der Waals surface area contributed by atoms with Crippen LogP contribution >= 0.6 is 0 Å². The first-order chi connectivity index (χ1) is 9.89. The number of nitrogens with one attached hydrogen (secondary N) is 2. The molecule has 0 radical (unpaired) electrons. The molecule has 0 unspecified atom stereocenters. The van der Waals surface area contributed by atoms with Gasteiger partial charge in [-0.1, -0.05) is 44.4 Å². The highest BCUT2D eigenvalue weighted by atomic mass is 32.2. The van der Waals surface area contributed by atoms with Crippen LogP contribution in [0.2, 0.25) is 0 Å². The van der Waals surface area contributed by atoms with Crippen LogP contribution < -0.4 is 10.3 Å². The van der Waals surface area contributed by atoms with Gasteiger partial charge in [0, 0.05) is 0 Å². The average Bonchev–Trinajstić information content (AvgIpc) is 2.46. The van der Waals surface area contributed by atoms with Gasteiger partial charge < -0.3 is 0 Å². The lowest BCUT2D eigenvalue weighted by molar-refractivity contribution is 0.338. The lowest BCUT2D eigenvalue weighted by Gasteiger charge is -2.27. The molecule has 5 nitrogen and oxygen atoms in total. The third-order valence-corrected chi connectivity index (χ3v) is 4.59. The Labute approximate surface area is 127 Å². The first-order valence-corrected chi connectivity index (χ1v) is 8.64. The van der Waals surface area contributed by atoms with Crippen LogP contribution in [0.4, 0.5) is 0 Å². The van der Waals surface area contributed by atoms with Gasteiger partial charge in [-0.15, -0.1) is 4.83 Å². The predicted octanol–water partition coefficient (Wildman–Crippen LogP) is 2.64. The number of hydrazine groups is 1. The second kappa shape index (κ2) is 7.55. The van der Waals surface area contributed by atoms with E-state index >= 15 is 0 Å². The largest absolute Gasteiger partial charge is 0.253 e. The summed E-state index contributed by atoms with van der Waals surface area (Å²) < 4.78 is 24.5. The van der Waals surface area contributed by atoms with Crippen molar-refractivity contribution in [2.45, 2.75) is 56.9 Å². The van der Waals surface area contributed by atoms with Crippen LogP contribution in [0.3, 0.4) is 0 Å². The Kier molecular flexibility index (Phi) is 6.34. The molecule has 2 N–H and O–H groups in total. The fraction of sp³-hybridized carbons (Fsp3) is 0.533. The summed E-state index contributed by atoms with van der Waals surface area (Å²) in [4.78, 5) is 2.54. The van der Waals surface area contributed by atoms with Crippen molar-refractivity contribution >= 4 is 10.0 Å². The standard InChI is InChI=1S/C15H23N3O2S/c1-4-10-15(12-16,11-5-2)17-18-21(19,20)14-8-6-13(3)7-9-14/h6-9,17-18H,4-5,10-11H2,1-3H3. The van der Waals surface area contributed by atoms with E-state index in [4.69, 9.17) is 0 Å². The quantitative estimate of drug-likeness (QED) is 0.723. The second-order valence-corrected chi connectivity index (χ2v) is 6.92. The molecule has 0 amide bonds. The average molecular weight is 309 g/mol. The first-order valence-electron chi connectivity index (χ1n) is 7.16. The van der Waals surface area contributed by atoms with Gasteiger partial charge in [-0.3, -0.25) is 0 Å². The minimum absolute atomic E-state index is 0.181. The summed E-state index contributed by atoms with van der Waals surface area (Å²) >= 11 is 0. The van der Waals surface area contributed by atoms with Crippen LogP contribution in [0, 0.1) is 18.3 Å². The molecular weight excluding hydrogens is 286 g/mol. The monoisotopic (exact) mass is 309 g/mol. The van der Waals surface area contributed by atoms with Gasteiger partial charge >= 0.3 is 0 Å². The number of hydrogen-bond acceptors (Lipinski definition) is 4. The van der Waals surface area contributed by atoms with Gasteiger partial charge in [0.1, 0.15) is 5.54 Å². The number of aryl methyl sites for hydroxylation is 1. The molecule has 0 saturated carbocycles. The van der Waals surface area contributed by atoms with Gasteiger partial charge in [0.05, 0.1) is 11.0 Å². The Morgan fingerprint density at radius 1 is 1.14 bits per heavy atom. The van der Waals surface area contributed by atoms with E-state index in [2.05, 4.69) is 16.3 Å². The van der Waals surface area contributed by atoms with E-state index in [0.717, 1.165) is 18.4 Å². The number of sulfonamides is 1. The minimum Gasteiger partial charge on any atom is -0.224 e. The van der Waals surface area contributed by atoms with E-state index in [9.17, 15) is 13.7 Å². The van der Waals surface area contributed by atoms with E-state index in [0.29, 0.717) is 12.8 Å². The van der Waals surface area contributed by atoms with Crippen molar-refractivity contribution in [1.82, 2.24) is 10.3 Å². The van der Waals surface area contributed by atoms with Crippen LogP contribution in [0.15, 0.2) is 29.2 Å². The lowest BCUT2D eigenvalue weighted by Crippen LogP contribution is -2.53. The number of rotatable bonds is 8. The van der Waals surface area contributed by atoms with Crippen molar-refractivity contribution < 1.29 is 8.42 Å². The van der Waals surface area contributed by atoms with Gasteiger partial charge in [0.25, 0.3) is 10.0 Å². The molecule has 6 heteroatoms. The van der Waals surface area contributed by atoms with E-state index in [1.807, 2.05) is 20.8 Å². The molecular formula is C15H23N3O2S. The molecule has 1 aromatic carbocycles. The van der Waals surface area contributed by atoms with E-state index in [1.165, 1.54) is 0 Å². The summed E-state index contributed by atoms with van der Waals surface area (Å²) in [5.74, 6) is 0. The topological polar surface area (TPSA) is 82.0 Å². The third-order valence-electron chi connectivity index (χ3n) is 3.32. The van der Waals surface area contributed by atoms with Gasteiger partial charge in [0.2, 0.25) is 0 Å². The summed E-state index contributed by atoms with van der Waals surface area (Å²) in [7, 11) is -3.67. The van der Waals surface area contributed by atoms with Crippen molar-refractivity contribution in [2.24, 2.45) is 0 Å². The molecule has 116 valence electrons. The lowest BCUT2D eigenvalue weighted by atomic mass is 9.91. The van der Waals surface area contributed by atoms with Crippen molar-refractivity contribution in [3.05, 3.63) is 29.8 Å². The maximum atomic E-state index is 12.2. The summed E-state index contributed by atoms with van der Waals surface area (Å²) in [5, 5.41) is 9.40. The van der Waals surface area contributed by atoms with Crippen LogP contribution in [-0.2, 0) is 10.0 Å². The summed E-state index contributed by atoms with van der Waals surface area (Å²) in [6.45, 7) is 5.83. The summed E-state index contributed by atoms with van der Waals surface area (Å²) in [5.41, 5.74) is 2.87. The Balaban J connectivity index is 2.88. The van der Waals surface area contributed by atoms with Crippen molar-refractivity contribution in [2.75, 3.05) is 0 Å². The first kappa shape index (κ1) is 17.6. The molecule has 0 aliphatic carbocycles. The Morgan fingerprint density at radius 3 is 2.10 bits per heavy atom. The summed E-state index contributed by atoms with van der Waals surface area (Å²) in [6.07, 6.45) is 2.78. The predicted molar refractivity (Wildman–Crippen MR) is 82.8 cm³/mol. The van der Waals surface area contributed by atoms with Gasteiger partial charge in [-0.2, -0.15) is 5.26 Å². The second-order valence-electron chi connectivity index (χ2n) is 5.24. The number of hydrogen-bond donors (Lipinski definition) is 2. The Bertz CT molecular complexity index is 582. The highest BCUT2D eigenvalue weighted by molar-refractivity contribution is 7.89. The zero-order chi connectivity index (χ0) is 15.9. The van der Waals surface area contributed by atoms with Crippen molar-refractivity contribution in [1.29, 1.82) is 5.26 Å². The molecule has 0 aromatic heterocycles. The molecule has 0 heterocycles. The van der Waals surface area contributed by atoms with E-state index in [1.54, 1.807) is 24.3 Å². The Hall–Kier alpha value is -1.42. The van der Waals surface area contributed by atoms with Crippen LogP contribution in [0.1, 0.15) is 45.1 Å². The maximum absolute atomic E-state index is 12.2. The molecule has 0 fully saturated rings. The van der Waals surface area contributed by atoms with Crippen LogP contribution in [-0.4, -0.2) is 14.0 Å². The molecule has 0 saturated heterocycles. The molecule has 0 aliphatic rings. The van der Waals surface area contributed by atoms with E-state index in [-0.39, 0.29) is 4.90 Å². The van der Waals surface area contributed by atoms with Gasteiger partial charge in [0.15, 0.2) is 0 Å². The van der Waals surface area contributed by atoms with Crippen molar-refractivity contribution in [3.8, 4) is 6.07 Å². The highest BCUT2D eigenvalue weighted by Gasteiger charge is 2.29. The zero-order valence-electron chi connectivity index (χ0n) is 12.8. The molecule has 0 spiro atoms. The van der Waals surface area contributed by atoms with E-state index < -0.39 is 15.6 Å². The third kappa shape index (κ3) is 4.81.